The van der Waals surface area contributed by atoms with E-state index in [1.165, 1.54) is 0 Å². The highest BCUT2D eigenvalue weighted by molar-refractivity contribution is 5.90. The van der Waals surface area contributed by atoms with Gasteiger partial charge < -0.3 is 16.4 Å². The Bertz CT molecular complexity index is 350. The molecule has 0 bridgehead atoms. The number of hydrogen-bond donors (Lipinski definition) is 3. The molecule has 15 heavy (non-hydrogen) atoms. The van der Waals surface area contributed by atoms with Gasteiger partial charge in [-0.3, -0.25) is 0 Å². The minimum Gasteiger partial charge on any atom is -0.337 e. The Kier molecular flexibility index (Phi) is 4.12. The van der Waals surface area contributed by atoms with Gasteiger partial charge in [0.05, 0.1) is 0 Å². The van der Waals surface area contributed by atoms with E-state index in [1.807, 2.05) is 32.0 Å². The molecule has 0 aliphatic carbocycles. The molecule has 0 aromatic heterocycles. The lowest BCUT2D eigenvalue weighted by Crippen LogP contribution is -2.33. The van der Waals surface area contributed by atoms with Crippen LogP contribution in [0.2, 0.25) is 0 Å². The maximum absolute atomic E-state index is 11.4. The molecule has 0 atom stereocenters. The van der Waals surface area contributed by atoms with Gasteiger partial charge in [-0.25, -0.2) is 4.79 Å². The largest absolute Gasteiger partial charge is 0.337 e. The fourth-order valence-electron chi connectivity index (χ4n) is 1.24. The summed E-state index contributed by atoms with van der Waals surface area (Å²) in [5.74, 6) is 0. The summed E-state index contributed by atoms with van der Waals surface area (Å²) >= 11 is 0. The van der Waals surface area contributed by atoms with E-state index in [-0.39, 0.29) is 6.03 Å². The second kappa shape index (κ2) is 5.36. The molecular weight excluding hydrogens is 190 g/mol. The molecule has 0 saturated carbocycles. The van der Waals surface area contributed by atoms with Crippen molar-refractivity contribution < 1.29 is 4.79 Å². The van der Waals surface area contributed by atoms with Crippen molar-refractivity contribution in [2.75, 3.05) is 18.4 Å². The van der Waals surface area contributed by atoms with Crippen LogP contribution in [0.3, 0.4) is 0 Å². The van der Waals surface area contributed by atoms with Crippen LogP contribution in [0.5, 0.6) is 0 Å². The molecule has 1 aromatic carbocycles. The first kappa shape index (κ1) is 11.5. The van der Waals surface area contributed by atoms with Gasteiger partial charge in [-0.05, 0) is 31.0 Å². The third-order valence-electron chi connectivity index (χ3n) is 2.28. The van der Waals surface area contributed by atoms with Crippen molar-refractivity contribution >= 4 is 11.7 Å². The van der Waals surface area contributed by atoms with E-state index in [2.05, 4.69) is 10.6 Å². The average Bonchev–Trinajstić information content (AvgIpc) is 2.22. The van der Waals surface area contributed by atoms with E-state index < -0.39 is 0 Å². The predicted octanol–water partition coefficient (Wildman–Crippen LogP) is 1.38. The Morgan fingerprint density at radius 3 is 2.80 bits per heavy atom. The molecule has 0 unspecified atom stereocenters. The molecule has 1 aromatic rings. The number of urea groups is 1. The minimum atomic E-state index is -0.214. The highest BCUT2D eigenvalue weighted by Crippen LogP contribution is 2.17. The number of rotatable bonds is 3. The molecule has 0 spiro atoms. The third-order valence-corrected chi connectivity index (χ3v) is 2.28. The van der Waals surface area contributed by atoms with Crippen molar-refractivity contribution in [3.63, 3.8) is 0 Å². The maximum Gasteiger partial charge on any atom is 0.319 e. The van der Waals surface area contributed by atoms with Gasteiger partial charge in [0, 0.05) is 18.8 Å². The van der Waals surface area contributed by atoms with E-state index in [9.17, 15) is 4.79 Å². The van der Waals surface area contributed by atoms with Gasteiger partial charge in [0.25, 0.3) is 0 Å². The summed E-state index contributed by atoms with van der Waals surface area (Å²) in [6, 6.07) is 5.60. The molecule has 0 saturated heterocycles. The third kappa shape index (κ3) is 3.25. The van der Waals surface area contributed by atoms with Crippen LogP contribution in [0.1, 0.15) is 11.1 Å². The summed E-state index contributed by atoms with van der Waals surface area (Å²) in [5, 5.41) is 5.43. The van der Waals surface area contributed by atoms with E-state index in [1.54, 1.807) is 0 Å². The zero-order valence-corrected chi connectivity index (χ0v) is 9.13. The summed E-state index contributed by atoms with van der Waals surface area (Å²) in [5.41, 5.74) is 8.36. The Morgan fingerprint density at radius 2 is 2.13 bits per heavy atom. The molecule has 4 N–H and O–H groups in total. The highest BCUT2D eigenvalue weighted by atomic mass is 16.2. The lowest BCUT2D eigenvalue weighted by atomic mass is 10.1. The summed E-state index contributed by atoms with van der Waals surface area (Å²) in [4.78, 5) is 11.4. The number of hydrogen-bond acceptors (Lipinski definition) is 2. The lowest BCUT2D eigenvalue weighted by Gasteiger charge is -2.10. The number of benzene rings is 1. The van der Waals surface area contributed by atoms with Crippen LogP contribution >= 0.6 is 0 Å². The van der Waals surface area contributed by atoms with Crippen molar-refractivity contribution in [3.8, 4) is 0 Å². The van der Waals surface area contributed by atoms with Gasteiger partial charge in [0.1, 0.15) is 0 Å². The number of carbonyl (C=O) groups excluding carboxylic acids is 1. The van der Waals surface area contributed by atoms with Crippen LogP contribution in [-0.4, -0.2) is 19.1 Å². The smallest absolute Gasteiger partial charge is 0.319 e. The second-order valence-corrected chi connectivity index (χ2v) is 3.42. The Balaban J connectivity index is 2.64. The van der Waals surface area contributed by atoms with Crippen LogP contribution in [0, 0.1) is 13.8 Å². The summed E-state index contributed by atoms with van der Waals surface area (Å²) < 4.78 is 0. The lowest BCUT2D eigenvalue weighted by molar-refractivity contribution is 0.252. The second-order valence-electron chi connectivity index (χ2n) is 3.42. The summed E-state index contributed by atoms with van der Waals surface area (Å²) in [7, 11) is 0. The van der Waals surface area contributed by atoms with Gasteiger partial charge in [-0.15, -0.1) is 0 Å². The molecule has 82 valence electrons. The Morgan fingerprint density at radius 1 is 1.40 bits per heavy atom. The van der Waals surface area contributed by atoms with E-state index >= 15 is 0 Å². The van der Waals surface area contributed by atoms with Gasteiger partial charge in [-0.1, -0.05) is 12.1 Å². The molecule has 4 heteroatoms. The molecule has 1 rings (SSSR count). The van der Waals surface area contributed by atoms with Gasteiger partial charge >= 0.3 is 6.03 Å². The quantitative estimate of drug-likeness (QED) is 0.701. The number of amides is 2. The average molecular weight is 207 g/mol. The number of nitrogens with one attached hydrogen (secondary N) is 2. The first-order chi connectivity index (χ1) is 7.15. The standard InChI is InChI=1S/C11H17N3O/c1-8-4-3-5-10(9(8)2)14-11(15)13-7-6-12/h3-5H,6-7,12H2,1-2H3,(H2,13,14,15). The van der Waals surface area contributed by atoms with Crippen LogP contribution in [-0.2, 0) is 0 Å². The zero-order valence-electron chi connectivity index (χ0n) is 9.13. The van der Waals surface area contributed by atoms with Gasteiger partial charge in [-0.2, -0.15) is 0 Å². The SMILES string of the molecule is Cc1cccc(NC(=O)NCCN)c1C. The van der Waals surface area contributed by atoms with Crippen LogP contribution < -0.4 is 16.4 Å². The maximum atomic E-state index is 11.4. The monoisotopic (exact) mass is 207 g/mol. The summed E-state index contributed by atoms with van der Waals surface area (Å²) in [6.45, 7) is 4.92. The van der Waals surface area contributed by atoms with Crippen molar-refractivity contribution in [1.29, 1.82) is 0 Å². The van der Waals surface area contributed by atoms with Crippen LogP contribution in [0.25, 0.3) is 0 Å². The first-order valence-corrected chi connectivity index (χ1v) is 4.96. The van der Waals surface area contributed by atoms with Crippen LogP contribution in [0.15, 0.2) is 18.2 Å². The van der Waals surface area contributed by atoms with E-state index in [0.717, 1.165) is 16.8 Å². The van der Waals surface area contributed by atoms with E-state index in [0.29, 0.717) is 13.1 Å². The molecule has 0 aliphatic rings. The fourth-order valence-corrected chi connectivity index (χ4v) is 1.24. The molecule has 2 amide bonds. The predicted molar refractivity (Wildman–Crippen MR) is 62.0 cm³/mol. The molecule has 0 fully saturated rings. The van der Waals surface area contributed by atoms with Crippen molar-refractivity contribution in [1.82, 2.24) is 5.32 Å². The highest BCUT2D eigenvalue weighted by Gasteiger charge is 2.04. The molecular formula is C11H17N3O. The molecule has 0 heterocycles. The number of anilines is 1. The van der Waals surface area contributed by atoms with E-state index in [4.69, 9.17) is 5.73 Å². The van der Waals surface area contributed by atoms with Gasteiger partial charge in [0.2, 0.25) is 0 Å². The van der Waals surface area contributed by atoms with Crippen molar-refractivity contribution in [3.05, 3.63) is 29.3 Å². The Hall–Kier alpha value is -1.55. The molecule has 0 radical (unpaired) electrons. The number of nitrogens with two attached hydrogens (primary N) is 1. The fraction of sp³-hybridized carbons (Fsp3) is 0.364. The number of carbonyl (C=O) groups is 1. The van der Waals surface area contributed by atoms with Gasteiger partial charge in [0.15, 0.2) is 0 Å². The van der Waals surface area contributed by atoms with Crippen LogP contribution in [0.4, 0.5) is 10.5 Å². The topological polar surface area (TPSA) is 67.2 Å². The summed E-state index contributed by atoms with van der Waals surface area (Å²) in [6.07, 6.45) is 0. The normalized spacial score (nSPS) is 9.80. The Labute approximate surface area is 89.9 Å². The molecule has 4 nitrogen and oxygen atoms in total. The first-order valence-electron chi connectivity index (χ1n) is 4.96. The minimum absolute atomic E-state index is 0.214. The van der Waals surface area contributed by atoms with Crippen molar-refractivity contribution in [2.45, 2.75) is 13.8 Å². The molecule has 0 aliphatic heterocycles. The van der Waals surface area contributed by atoms with Crippen molar-refractivity contribution in [2.24, 2.45) is 5.73 Å². The zero-order chi connectivity index (χ0) is 11.3. The number of aryl methyl sites for hydroxylation is 1.